The van der Waals surface area contributed by atoms with Crippen LogP contribution in [0.3, 0.4) is 0 Å². The zero-order valence-electron chi connectivity index (χ0n) is 11.1. The summed E-state index contributed by atoms with van der Waals surface area (Å²) < 4.78 is 0. The number of hydrogen-bond donors (Lipinski definition) is 0. The highest BCUT2D eigenvalue weighted by atomic mass is 14.6. The van der Waals surface area contributed by atoms with Gasteiger partial charge in [-0.3, -0.25) is 0 Å². The Morgan fingerprint density at radius 2 is 1.93 bits per heavy atom. The van der Waals surface area contributed by atoms with Crippen LogP contribution in [0.1, 0.15) is 66.2 Å². The molecule has 0 heterocycles. The molecule has 0 radical (unpaired) electrons. The molecule has 88 valence electrons. The Hall–Kier alpha value is 0. The van der Waals surface area contributed by atoms with Crippen molar-refractivity contribution >= 4 is 0 Å². The van der Waals surface area contributed by atoms with Gasteiger partial charge in [-0.1, -0.05) is 47.0 Å². The van der Waals surface area contributed by atoms with E-state index in [4.69, 9.17) is 0 Å². The molecule has 0 unspecified atom stereocenters. The zero-order valence-corrected chi connectivity index (χ0v) is 11.1. The summed E-state index contributed by atoms with van der Waals surface area (Å²) in [6.07, 6.45) is 8.87. The van der Waals surface area contributed by atoms with Gasteiger partial charge in [-0.25, -0.2) is 0 Å². The molecule has 2 saturated carbocycles. The van der Waals surface area contributed by atoms with Gasteiger partial charge in [-0.05, 0) is 48.3 Å². The predicted molar refractivity (Wildman–Crippen MR) is 66.8 cm³/mol. The minimum Gasteiger partial charge on any atom is -0.0654 e. The molecule has 0 nitrogen and oxygen atoms in total. The van der Waals surface area contributed by atoms with Crippen LogP contribution in [0.15, 0.2) is 0 Å². The average Bonchev–Trinajstić information content (AvgIpc) is 2.78. The smallest absolute Gasteiger partial charge is 0.0292 e. The highest BCUT2D eigenvalue weighted by Crippen LogP contribution is 2.66. The van der Waals surface area contributed by atoms with Gasteiger partial charge in [0.05, 0.1) is 0 Å². The van der Waals surface area contributed by atoms with E-state index in [1.54, 1.807) is 6.42 Å². The van der Waals surface area contributed by atoms with E-state index in [9.17, 15) is 0 Å². The summed E-state index contributed by atoms with van der Waals surface area (Å²) in [5, 5.41) is 0. The first-order chi connectivity index (χ1) is 7.07. The van der Waals surface area contributed by atoms with Crippen LogP contribution in [-0.2, 0) is 0 Å². The third kappa shape index (κ3) is 2.10. The minimum absolute atomic E-state index is 0.708. The van der Waals surface area contributed by atoms with Gasteiger partial charge in [0.1, 0.15) is 0 Å². The topological polar surface area (TPSA) is 0 Å². The van der Waals surface area contributed by atoms with Crippen LogP contribution >= 0.6 is 0 Å². The first-order valence-electron chi connectivity index (χ1n) is 7.07. The molecule has 0 aliphatic heterocycles. The van der Waals surface area contributed by atoms with E-state index >= 15 is 0 Å². The molecular formula is C15H28. The molecule has 0 aromatic heterocycles. The van der Waals surface area contributed by atoms with Crippen molar-refractivity contribution in [2.45, 2.75) is 66.2 Å². The van der Waals surface area contributed by atoms with E-state index in [1.165, 1.54) is 32.1 Å². The fraction of sp³-hybridized carbons (Fsp3) is 1.00. The van der Waals surface area contributed by atoms with Crippen LogP contribution < -0.4 is 0 Å². The van der Waals surface area contributed by atoms with Gasteiger partial charge in [0.2, 0.25) is 0 Å². The second kappa shape index (κ2) is 4.11. The van der Waals surface area contributed by atoms with E-state index in [2.05, 4.69) is 27.7 Å². The van der Waals surface area contributed by atoms with Crippen molar-refractivity contribution < 1.29 is 0 Å². The minimum atomic E-state index is 0.708. The SMILES string of the molecule is CCCC[C@H](C)[C@@H]1CC[C@H]2[C@@H](C1)C2(C)C. The Bertz CT molecular complexity index is 216. The summed E-state index contributed by atoms with van der Waals surface area (Å²) in [5.74, 6) is 4.22. The zero-order chi connectivity index (χ0) is 11.1. The summed E-state index contributed by atoms with van der Waals surface area (Å²) in [6, 6.07) is 0. The van der Waals surface area contributed by atoms with Gasteiger partial charge < -0.3 is 0 Å². The Balaban J connectivity index is 1.81. The highest BCUT2D eigenvalue weighted by Gasteiger charge is 2.59. The summed E-state index contributed by atoms with van der Waals surface area (Å²) in [7, 11) is 0. The molecule has 0 heteroatoms. The van der Waals surface area contributed by atoms with Crippen LogP contribution in [-0.4, -0.2) is 0 Å². The molecule has 4 atom stereocenters. The second-order valence-corrected chi connectivity index (χ2v) is 6.73. The molecule has 0 spiro atoms. The van der Waals surface area contributed by atoms with E-state index in [-0.39, 0.29) is 0 Å². The van der Waals surface area contributed by atoms with Gasteiger partial charge in [0, 0.05) is 0 Å². The monoisotopic (exact) mass is 208 g/mol. The molecule has 2 aliphatic carbocycles. The predicted octanol–water partition coefficient (Wildman–Crippen LogP) is 4.89. The van der Waals surface area contributed by atoms with Gasteiger partial charge in [0.25, 0.3) is 0 Å². The molecule has 0 N–H and O–H groups in total. The first kappa shape index (κ1) is 11.5. The van der Waals surface area contributed by atoms with E-state index in [0.717, 1.165) is 23.7 Å². The van der Waals surface area contributed by atoms with Crippen molar-refractivity contribution in [1.82, 2.24) is 0 Å². The molecule has 0 bridgehead atoms. The lowest BCUT2D eigenvalue weighted by atomic mass is 9.79. The van der Waals surface area contributed by atoms with Gasteiger partial charge in [0.15, 0.2) is 0 Å². The van der Waals surface area contributed by atoms with Crippen molar-refractivity contribution in [3.8, 4) is 0 Å². The first-order valence-corrected chi connectivity index (χ1v) is 7.07. The molecule has 15 heavy (non-hydrogen) atoms. The molecule has 0 saturated heterocycles. The number of unbranched alkanes of at least 4 members (excludes halogenated alkanes) is 1. The Kier molecular flexibility index (Phi) is 3.14. The second-order valence-electron chi connectivity index (χ2n) is 6.73. The van der Waals surface area contributed by atoms with Crippen molar-refractivity contribution in [2.75, 3.05) is 0 Å². The van der Waals surface area contributed by atoms with Gasteiger partial charge in [-0.15, -0.1) is 0 Å². The maximum atomic E-state index is 2.50. The normalized spacial score (nSPS) is 39.6. The van der Waals surface area contributed by atoms with Crippen molar-refractivity contribution in [3.05, 3.63) is 0 Å². The summed E-state index contributed by atoms with van der Waals surface area (Å²) in [4.78, 5) is 0. The van der Waals surface area contributed by atoms with Crippen molar-refractivity contribution in [2.24, 2.45) is 29.1 Å². The molecule has 2 fully saturated rings. The maximum absolute atomic E-state index is 2.50. The van der Waals surface area contributed by atoms with Gasteiger partial charge >= 0.3 is 0 Å². The Labute approximate surface area is 95.8 Å². The van der Waals surface area contributed by atoms with Crippen LogP contribution in [0, 0.1) is 29.1 Å². The number of hydrogen-bond acceptors (Lipinski definition) is 0. The van der Waals surface area contributed by atoms with Crippen molar-refractivity contribution in [1.29, 1.82) is 0 Å². The Morgan fingerprint density at radius 1 is 1.20 bits per heavy atom. The van der Waals surface area contributed by atoms with Gasteiger partial charge in [-0.2, -0.15) is 0 Å². The van der Waals surface area contributed by atoms with E-state index in [1.807, 2.05) is 0 Å². The fourth-order valence-electron chi connectivity index (χ4n) is 4.01. The average molecular weight is 208 g/mol. The van der Waals surface area contributed by atoms with Crippen LogP contribution in [0.4, 0.5) is 0 Å². The number of rotatable bonds is 4. The lowest BCUT2D eigenvalue weighted by Gasteiger charge is -2.27. The molecule has 0 aromatic carbocycles. The molecule has 0 aromatic rings. The molecular weight excluding hydrogens is 180 g/mol. The standard InChI is InChI=1S/C15H28/c1-5-6-7-11(2)12-8-9-13-14(10-12)15(13,3)4/h11-14H,5-10H2,1-4H3/t11-,12+,13-,14+/m0/s1. The van der Waals surface area contributed by atoms with E-state index in [0.29, 0.717) is 5.41 Å². The lowest BCUT2D eigenvalue weighted by molar-refractivity contribution is 0.239. The van der Waals surface area contributed by atoms with Crippen LogP contribution in [0.5, 0.6) is 0 Å². The van der Waals surface area contributed by atoms with Crippen LogP contribution in [0.2, 0.25) is 0 Å². The third-order valence-corrected chi connectivity index (χ3v) is 5.51. The van der Waals surface area contributed by atoms with Crippen LogP contribution in [0.25, 0.3) is 0 Å². The Morgan fingerprint density at radius 3 is 2.53 bits per heavy atom. The molecule has 2 aliphatic rings. The fourth-order valence-corrected chi connectivity index (χ4v) is 4.01. The van der Waals surface area contributed by atoms with E-state index < -0.39 is 0 Å². The quantitative estimate of drug-likeness (QED) is 0.617. The number of fused-ring (bicyclic) bond motifs is 1. The lowest BCUT2D eigenvalue weighted by Crippen LogP contribution is -2.16. The summed E-state index contributed by atoms with van der Waals surface area (Å²) in [6.45, 7) is 9.78. The summed E-state index contributed by atoms with van der Waals surface area (Å²) >= 11 is 0. The van der Waals surface area contributed by atoms with Crippen molar-refractivity contribution in [3.63, 3.8) is 0 Å². The third-order valence-electron chi connectivity index (χ3n) is 5.51. The summed E-state index contributed by atoms with van der Waals surface area (Å²) in [5.41, 5.74) is 0.708. The molecule has 2 rings (SSSR count). The maximum Gasteiger partial charge on any atom is -0.0292 e. The largest absolute Gasteiger partial charge is 0.0654 e. The highest BCUT2D eigenvalue weighted by molar-refractivity contribution is 5.07. The molecule has 0 amide bonds.